The molecule has 0 aliphatic heterocycles. The fourth-order valence-electron chi connectivity index (χ4n) is 8.73. The number of benzene rings is 10. The summed E-state index contributed by atoms with van der Waals surface area (Å²) in [6.07, 6.45) is 0. The van der Waals surface area contributed by atoms with E-state index in [0.717, 1.165) is 16.6 Å². The highest BCUT2D eigenvalue weighted by Crippen LogP contribution is 2.49. The smallest absolute Gasteiger partial charge is 0.136 e. The molecule has 1 heteroatoms. The highest BCUT2D eigenvalue weighted by atomic mass is 16.3. The molecule has 0 amide bonds. The van der Waals surface area contributed by atoms with Crippen molar-refractivity contribution in [3.63, 3.8) is 0 Å². The van der Waals surface area contributed by atoms with Crippen LogP contribution in [0.15, 0.2) is 186 Å². The van der Waals surface area contributed by atoms with E-state index in [9.17, 15) is 0 Å². The molecule has 51 heavy (non-hydrogen) atoms. The van der Waals surface area contributed by atoms with E-state index in [1.54, 1.807) is 0 Å². The van der Waals surface area contributed by atoms with Gasteiger partial charge in [0.15, 0.2) is 0 Å². The van der Waals surface area contributed by atoms with Gasteiger partial charge in [0.25, 0.3) is 0 Å². The summed E-state index contributed by atoms with van der Waals surface area (Å²) in [6, 6.07) is 66.2. The predicted molar refractivity (Wildman–Crippen MR) is 218 cm³/mol. The second-order valence-electron chi connectivity index (χ2n) is 13.5. The van der Waals surface area contributed by atoms with Crippen molar-refractivity contribution in [3.8, 4) is 33.4 Å². The van der Waals surface area contributed by atoms with E-state index in [1.807, 2.05) is 0 Å². The zero-order chi connectivity index (χ0) is 33.5. The molecule has 0 bridgehead atoms. The minimum atomic E-state index is 0.909. The van der Waals surface area contributed by atoms with E-state index >= 15 is 0 Å². The SMILES string of the molecule is c1ccc(-c2cccc3ccc4c(-c5c6ccccc6c(-c6cccc7oc8ccc9ccccc9c8c67)c6ccccc56)cccc4c23)cc1. The molecule has 0 atom stereocenters. The first-order valence-corrected chi connectivity index (χ1v) is 17.6. The number of rotatable bonds is 3. The summed E-state index contributed by atoms with van der Waals surface area (Å²) in [4.78, 5) is 0. The van der Waals surface area contributed by atoms with Crippen molar-refractivity contribution in [2.45, 2.75) is 0 Å². The third kappa shape index (κ3) is 4.09. The molecule has 10 aromatic carbocycles. The van der Waals surface area contributed by atoms with Gasteiger partial charge in [0.05, 0.1) is 0 Å². The zero-order valence-corrected chi connectivity index (χ0v) is 27.7. The summed E-state index contributed by atoms with van der Waals surface area (Å²) in [5.41, 5.74) is 9.26. The number of fused-ring (bicyclic) bond motifs is 10. The van der Waals surface area contributed by atoms with Gasteiger partial charge in [-0.25, -0.2) is 0 Å². The Labute approximate surface area is 294 Å². The van der Waals surface area contributed by atoms with Gasteiger partial charge < -0.3 is 4.42 Å². The summed E-state index contributed by atoms with van der Waals surface area (Å²) in [5, 5.41) is 14.8. The fourth-order valence-corrected chi connectivity index (χ4v) is 8.73. The van der Waals surface area contributed by atoms with Gasteiger partial charge in [0, 0.05) is 10.8 Å². The maximum absolute atomic E-state index is 6.56. The molecule has 0 aliphatic carbocycles. The average molecular weight is 647 g/mol. The molecule has 1 heterocycles. The summed E-state index contributed by atoms with van der Waals surface area (Å²) in [5.74, 6) is 0. The van der Waals surface area contributed by atoms with Gasteiger partial charge in [0.2, 0.25) is 0 Å². The minimum Gasteiger partial charge on any atom is -0.456 e. The third-order valence-electron chi connectivity index (χ3n) is 10.8. The molecular weight excluding hydrogens is 617 g/mol. The summed E-state index contributed by atoms with van der Waals surface area (Å²) >= 11 is 0. The Kier molecular flexibility index (Phi) is 6.02. The lowest BCUT2D eigenvalue weighted by molar-refractivity contribution is 0.669. The lowest BCUT2D eigenvalue weighted by Crippen LogP contribution is -1.92. The molecule has 0 unspecified atom stereocenters. The molecule has 1 nitrogen and oxygen atoms in total. The second kappa shape index (κ2) is 10.9. The Morgan fingerprint density at radius 1 is 0.255 bits per heavy atom. The monoisotopic (exact) mass is 646 g/mol. The molecule has 0 radical (unpaired) electrons. The minimum absolute atomic E-state index is 0.909. The van der Waals surface area contributed by atoms with E-state index in [2.05, 4.69) is 182 Å². The Morgan fingerprint density at radius 2 is 0.784 bits per heavy atom. The highest BCUT2D eigenvalue weighted by molar-refractivity contribution is 6.30. The molecule has 11 rings (SSSR count). The van der Waals surface area contributed by atoms with Crippen molar-refractivity contribution in [1.29, 1.82) is 0 Å². The zero-order valence-electron chi connectivity index (χ0n) is 27.7. The van der Waals surface area contributed by atoms with Crippen LogP contribution in [0, 0.1) is 0 Å². The van der Waals surface area contributed by atoms with E-state index in [0.29, 0.717) is 0 Å². The van der Waals surface area contributed by atoms with Gasteiger partial charge in [-0.3, -0.25) is 0 Å². The van der Waals surface area contributed by atoms with Gasteiger partial charge in [-0.2, -0.15) is 0 Å². The Bertz CT molecular complexity index is 3130. The number of hydrogen-bond acceptors (Lipinski definition) is 1. The van der Waals surface area contributed by atoms with Crippen molar-refractivity contribution >= 4 is 75.8 Å². The fraction of sp³-hybridized carbons (Fsp3) is 0. The van der Waals surface area contributed by atoms with E-state index < -0.39 is 0 Å². The van der Waals surface area contributed by atoms with Gasteiger partial charge >= 0.3 is 0 Å². The molecule has 236 valence electrons. The van der Waals surface area contributed by atoms with Gasteiger partial charge in [-0.05, 0) is 99.4 Å². The van der Waals surface area contributed by atoms with Gasteiger partial charge in [-0.15, -0.1) is 0 Å². The summed E-state index contributed by atoms with van der Waals surface area (Å²) < 4.78 is 6.56. The van der Waals surface area contributed by atoms with Crippen molar-refractivity contribution in [2.75, 3.05) is 0 Å². The van der Waals surface area contributed by atoms with Gasteiger partial charge in [-0.1, -0.05) is 170 Å². The van der Waals surface area contributed by atoms with Crippen LogP contribution in [0.2, 0.25) is 0 Å². The van der Waals surface area contributed by atoms with E-state index in [4.69, 9.17) is 4.42 Å². The lowest BCUT2D eigenvalue weighted by Gasteiger charge is -2.20. The first kappa shape index (κ1) is 28.2. The second-order valence-corrected chi connectivity index (χ2v) is 13.5. The Balaban J connectivity index is 1.27. The quantitative estimate of drug-likeness (QED) is 0.138. The van der Waals surface area contributed by atoms with Crippen LogP contribution in [-0.4, -0.2) is 0 Å². The largest absolute Gasteiger partial charge is 0.456 e. The van der Waals surface area contributed by atoms with Crippen LogP contribution in [0.1, 0.15) is 0 Å². The Morgan fingerprint density at radius 3 is 1.55 bits per heavy atom. The molecule has 1 aromatic heterocycles. The van der Waals surface area contributed by atoms with E-state index in [-0.39, 0.29) is 0 Å². The first-order valence-electron chi connectivity index (χ1n) is 17.6. The topological polar surface area (TPSA) is 13.1 Å². The maximum Gasteiger partial charge on any atom is 0.136 e. The Hall–Kier alpha value is -6.70. The molecule has 0 saturated carbocycles. The van der Waals surface area contributed by atoms with Crippen LogP contribution < -0.4 is 0 Å². The van der Waals surface area contributed by atoms with Crippen LogP contribution in [0.25, 0.3) is 109 Å². The molecule has 0 aliphatic rings. The first-order chi connectivity index (χ1) is 25.3. The third-order valence-corrected chi connectivity index (χ3v) is 10.8. The van der Waals surface area contributed by atoms with Crippen molar-refractivity contribution in [2.24, 2.45) is 0 Å². The summed E-state index contributed by atoms with van der Waals surface area (Å²) in [6.45, 7) is 0. The van der Waals surface area contributed by atoms with Crippen LogP contribution in [0.5, 0.6) is 0 Å². The molecule has 0 fully saturated rings. The molecule has 11 aromatic rings. The predicted octanol–water partition coefficient (Wildman–Crippen LogP) is 14.4. The van der Waals surface area contributed by atoms with Crippen molar-refractivity contribution in [1.82, 2.24) is 0 Å². The number of furan rings is 1. The number of hydrogen-bond donors (Lipinski definition) is 0. The average Bonchev–Trinajstić information content (AvgIpc) is 3.60. The standard InChI is InChI=1S/C50H30O/c1-2-13-31(14-3-1)34-22-10-16-33-27-29-36-37(46(33)34)23-11-24-38(36)47-39-18-6-8-20-41(39)48(42-21-9-7-19-40(42)47)43-25-12-26-44-50(43)49-35-17-5-4-15-32(35)28-30-45(49)51-44/h1-30H. The van der Waals surface area contributed by atoms with Crippen molar-refractivity contribution in [3.05, 3.63) is 182 Å². The van der Waals surface area contributed by atoms with Crippen LogP contribution >= 0.6 is 0 Å². The van der Waals surface area contributed by atoms with E-state index in [1.165, 1.54) is 92.6 Å². The lowest BCUT2D eigenvalue weighted by atomic mass is 9.83. The highest BCUT2D eigenvalue weighted by Gasteiger charge is 2.22. The molecule has 0 spiro atoms. The molecular formula is C50H30O. The van der Waals surface area contributed by atoms with Crippen LogP contribution in [-0.2, 0) is 0 Å². The molecule has 0 saturated heterocycles. The summed E-state index contributed by atoms with van der Waals surface area (Å²) in [7, 11) is 0. The maximum atomic E-state index is 6.56. The van der Waals surface area contributed by atoms with Crippen LogP contribution in [0.4, 0.5) is 0 Å². The normalized spacial score (nSPS) is 11.9. The van der Waals surface area contributed by atoms with Gasteiger partial charge in [0.1, 0.15) is 11.2 Å². The van der Waals surface area contributed by atoms with Crippen molar-refractivity contribution < 1.29 is 4.42 Å². The molecule has 0 N–H and O–H groups in total. The van der Waals surface area contributed by atoms with Crippen LogP contribution in [0.3, 0.4) is 0 Å².